The normalized spacial score (nSPS) is 13.5. The van der Waals surface area contributed by atoms with Gasteiger partial charge in [-0.25, -0.2) is 13.6 Å². The number of alkyl halides is 3. The standard InChI is InChI=1S/C34H30ClF5N8O6/c1-53-29(52)25(16-42-28(51)27(50)41-15-19-2-9-22(36)14-24(19)37)44-26(49)18-3-10-23(11-4-18)43-30-45-31(47-32(46-30)54-17-34(38,39)40)48-33(12-13-33)20-5-7-21(35)8-6-20/h2-11,14,25H,12-13,15-17H2,1H3,(H,41,50)(H,42,51)(H,44,49)(H2,43,45,46,47,48)/t25-/m0/s1. The van der Waals surface area contributed by atoms with Crippen LogP contribution >= 0.6 is 11.6 Å². The summed E-state index contributed by atoms with van der Waals surface area (Å²) in [5.41, 5.74) is 0.540. The number of nitrogens with one attached hydrogen (secondary N) is 5. The molecule has 0 spiro atoms. The van der Waals surface area contributed by atoms with Gasteiger partial charge in [-0.1, -0.05) is 29.8 Å². The molecular formula is C34H30ClF5N8O6. The van der Waals surface area contributed by atoms with Crippen molar-refractivity contribution in [2.24, 2.45) is 0 Å². The highest BCUT2D eigenvalue weighted by Crippen LogP contribution is 2.48. The molecule has 3 amide bonds. The number of carbonyl (C=O) groups is 4. The molecular weight excluding hydrogens is 747 g/mol. The highest BCUT2D eigenvalue weighted by atomic mass is 35.5. The topological polar surface area (TPSA) is 186 Å². The number of halogens is 6. The molecule has 0 radical (unpaired) electrons. The predicted molar refractivity (Wildman–Crippen MR) is 182 cm³/mol. The monoisotopic (exact) mass is 776 g/mol. The second kappa shape index (κ2) is 16.7. The molecule has 0 unspecified atom stereocenters. The number of amides is 3. The van der Waals surface area contributed by atoms with Gasteiger partial charge in [-0.2, -0.15) is 28.1 Å². The number of aromatic nitrogens is 3. The van der Waals surface area contributed by atoms with Gasteiger partial charge in [-0.05, 0) is 60.9 Å². The second-order valence-electron chi connectivity index (χ2n) is 11.8. The molecule has 5 rings (SSSR count). The lowest BCUT2D eigenvalue weighted by atomic mass is 10.1. The van der Waals surface area contributed by atoms with Gasteiger partial charge in [0.2, 0.25) is 11.9 Å². The Morgan fingerprint density at radius 2 is 1.56 bits per heavy atom. The van der Waals surface area contributed by atoms with E-state index in [1.54, 1.807) is 12.1 Å². The smallest absolute Gasteiger partial charge is 0.422 e. The van der Waals surface area contributed by atoms with Crippen LogP contribution in [0.3, 0.4) is 0 Å². The largest absolute Gasteiger partial charge is 0.467 e. The summed E-state index contributed by atoms with van der Waals surface area (Å²) in [5, 5.41) is 13.2. The van der Waals surface area contributed by atoms with Gasteiger partial charge in [-0.3, -0.25) is 14.4 Å². The van der Waals surface area contributed by atoms with Gasteiger partial charge in [-0.15, -0.1) is 0 Å². The van der Waals surface area contributed by atoms with E-state index in [0.717, 1.165) is 24.8 Å². The van der Waals surface area contributed by atoms with E-state index >= 15 is 0 Å². The van der Waals surface area contributed by atoms with Crippen LogP contribution in [-0.4, -0.2) is 71.1 Å². The maximum Gasteiger partial charge on any atom is 0.422 e. The number of rotatable bonds is 14. The quantitative estimate of drug-likeness (QED) is 0.0699. The van der Waals surface area contributed by atoms with Crippen molar-refractivity contribution >= 4 is 52.9 Å². The summed E-state index contributed by atoms with van der Waals surface area (Å²) in [6, 6.07) is 13.2. The number of ether oxygens (including phenoxy) is 2. The van der Waals surface area contributed by atoms with Crippen molar-refractivity contribution in [1.29, 1.82) is 0 Å². The minimum atomic E-state index is -4.66. The van der Waals surface area contributed by atoms with Crippen molar-refractivity contribution in [2.45, 2.75) is 37.1 Å². The fourth-order valence-electron chi connectivity index (χ4n) is 4.88. The fraction of sp³-hybridized carbons (Fsp3) is 0.265. The molecule has 1 aliphatic carbocycles. The maximum absolute atomic E-state index is 13.8. The molecule has 1 aromatic heterocycles. The zero-order valence-electron chi connectivity index (χ0n) is 28.0. The van der Waals surface area contributed by atoms with Crippen LogP contribution in [0, 0.1) is 11.6 Å². The van der Waals surface area contributed by atoms with E-state index in [-0.39, 0.29) is 23.0 Å². The number of esters is 1. The highest BCUT2D eigenvalue weighted by molar-refractivity contribution is 6.35. The number of hydrogen-bond acceptors (Lipinski definition) is 11. The Morgan fingerprint density at radius 1 is 0.889 bits per heavy atom. The molecule has 20 heteroatoms. The molecule has 284 valence electrons. The van der Waals surface area contributed by atoms with Gasteiger partial charge in [0.15, 0.2) is 6.61 Å². The van der Waals surface area contributed by atoms with Gasteiger partial charge >= 0.3 is 30.0 Å². The van der Waals surface area contributed by atoms with Crippen LogP contribution in [0.5, 0.6) is 6.01 Å². The lowest BCUT2D eigenvalue weighted by Crippen LogP contribution is -2.51. The summed E-state index contributed by atoms with van der Waals surface area (Å²) >= 11 is 6.01. The molecule has 5 N–H and O–H groups in total. The van der Waals surface area contributed by atoms with Crippen molar-refractivity contribution in [2.75, 3.05) is 30.9 Å². The number of carbonyl (C=O) groups excluding carboxylic acids is 4. The predicted octanol–water partition coefficient (Wildman–Crippen LogP) is 4.29. The maximum atomic E-state index is 13.8. The van der Waals surface area contributed by atoms with Crippen LogP contribution in [-0.2, 0) is 31.2 Å². The molecule has 14 nitrogen and oxygen atoms in total. The molecule has 1 saturated carbocycles. The molecule has 1 heterocycles. The van der Waals surface area contributed by atoms with Crippen LogP contribution in [0.25, 0.3) is 0 Å². The minimum absolute atomic E-state index is 0.0330. The van der Waals surface area contributed by atoms with Crippen LogP contribution in [0.15, 0.2) is 66.7 Å². The molecule has 54 heavy (non-hydrogen) atoms. The number of anilines is 3. The third kappa shape index (κ3) is 10.7. The molecule has 1 aliphatic rings. The molecule has 0 saturated heterocycles. The molecule has 1 atom stereocenters. The Hall–Kier alpha value is -6.11. The number of benzene rings is 3. The van der Waals surface area contributed by atoms with Crippen molar-refractivity contribution < 1.29 is 50.6 Å². The van der Waals surface area contributed by atoms with Crippen LogP contribution in [0.4, 0.5) is 39.5 Å². The molecule has 4 aromatic rings. The Morgan fingerprint density at radius 3 is 2.19 bits per heavy atom. The average molecular weight is 777 g/mol. The van der Waals surface area contributed by atoms with Gasteiger partial charge in [0.25, 0.3) is 5.91 Å². The van der Waals surface area contributed by atoms with Crippen LogP contribution in [0.2, 0.25) is 5.02 Å². The second-order valence-corrected chi connectivity index (χ2v) is 12.2. The van der Waals surface area contributed by atoms with Crippen LogP contribution < -0.4 is 31.3 Å². The van der Waals surface area contributed by atoms with Gasteiger partial charge < -0.3 is 36.1 Å². The Bertz CT molecular complexity index is 2020. The molecule has 3 aromatic carbocycles. The summed E-state index contributed by atoms with van der Waals surface area (Å²) in [7, 11) is 1.04. The third-order valence-electron chi connectivity index (χ3n) is 7.80. The first-order valence-corrected chi connectivity index (χ1v) is 16.3. The van der Waals surface area contributed by atoms with E-state index in [2.05, 4.69) is 46.3 Å². The van der Waals surface area contributed by atoms with Crippen molar-refractivity contribution in [3.63, 3.8) is 0 Å². The van der Waals surface area contributed by atoms with Gasteiger partial charge in [0.05, 0.1) is 12.6 Å². The Kier molecular flexibility index (Phi) is 12.1. The lowest BCUT2D eigenvalue weighted by Gasteiger charge is -2.19. The highest BCUT2D eigenvalue weighted by Gasteiger charge is 2.45. The first-order chi connectivity index (χ1) is 25.6. The number of hydrogen-bond donors (Lipinski definition) is 5. The van der Waals surface area contributed by atoms with Crippen LogP contribution in [0.1, 0.15) is 34.3 Å². The molecule has 1 fully saturated rings. The van der Waals surface area contributed by atoms with E-state index < -0.39 is 78.8 Å². The summed E-state index contributed by atoms with van der Waals surface area (Å²) < 4.78 is 75.2. The summed E-state index contributed by atoms with van der Waals surface area (Å²) in [6.07, 6.45) is -3.29. The summed E-state index contributed by atoms with van der Waals surface area (Å²) in [6.45, 7) is -2.64. The number of methoxy groups -OCH3 is 1. The zero-order valence-corrected chi connectivity index (χ0v) is 28.8. The van der Waals surface area contributed by atoms with E-state index in [4.69, 9.17) is 16.3 Å². The summed E-state index contributed by atoms with van der Waals surface area (Å²) in [4.78, 5) is 62.1. The first-order valence-electron chi connectivity index (χ1n) is 15.9. The molecule has 0 aliphatic heterocycles. The van der Waals surface area contributed by atoms with Crippen molar-refractivity contribution in [3.05, 3.63) is 100 Å². The van der Waals surface area contributed by atoms with E-state index in [0.29, 0.717) is 29.6 Å². The lowest BCUT2D eigenvalue weighted by molar-refractivity contribution is -0.154. The molecule has 0 bridgehead atoms. The van der Waals surface area contributed by atoms with E-state index in [9.17, 15) is 41.1 Å². The Labute approximate surface area is 308 Å². The minimum Gasteiger partial charge on any atom is -0.467 e. The van der Waals surface area contributed by atoms with E-state index in [1.165, 1.54) is 24.3 Å². The first kappa shape index (κ1) is 39.1. The zero-order chi connectivity index (χ0) is 39.0. The fourth-order valence-corrected chi connectivity index (χ4v) is 5.01. The van der Waals surface area contributed by atoms with Crippen molar-refractivity contribution in [3.8, 4) is 6.01 Å². The average Bonchev–Trinajstić information content (AvgIpc) is 3.91. The third-order valence-corrected chi connectivity index (χ3v) is 8.05. The van der Waals surface area contributed by atoms with Gasteiger partial charge in [0.1, 0.15) is 17.7 Å². The number of nitrogens with zero attached hydrogens (tertiary/aromatic N) is 3. The Balaban J connectivity index is 1.21. The van der Waals surface area contributed by atoms with Crippen molar-refractivity contribution in [1.82, 2.24) is 30.9 Å². The summed E-state index contributed by atoms with van der Waals surface area (Å²) in [5.74, 6) is -6.13. The van der Waals surface area contributed by atoms with Gasteiger partial charge in [0, 0.05) is 41.0 Å². The SMILES string of the molecule is COC(=O)[C@H](CNC(=O)C(=O)NCc1ccc(F)cc1F)NC(=O)c1ccc(Nc2nc(NC3(c4ccc(Cl)cc4)CC3)nc(OCC(F)(F)F)n2)cc1. The van der Waals surface area contributed by atoms with E-state index in [1.807, 2.05) is 12.1 Å².